The van der Waals surface area contributed by atoms with Crippen LogP contribution in [0.25, 0.3) is 6.08 Å². The van der Waals surface area contributed by atoms with Gasteiger partial charge in [0, 0.05) is 29.8 Å². The minimum Gasteiger partial charge on any atom is -0.477 e. The third kappa shape index (κ3) is 6.68. The number of hydrogen-bond acceptors (Lipinski definition) is 4. The number of carboxylic acid groups (broad SMARTS) is 1. The second-order valence-electron chi connectivity index (χ2n) is 7.79. The van der Waals surface area contributed by atoms with Crippen LogP contribution in [0.4, 0.5) is 0 Å². The van der Waals surface area contributed by atoms with Crippen molar-refractivity contribution in [2.75, 3.05) is 6.54 Å². The first-order valence-corrected chi connectivity index (χ1v) is 11.4. The molecule has 1 aliphatic heterocycles. The van der Waals surface area contributed by atoms with E-state index in [4.69, 9.17) is 5.11 Å². The van der Waals surface area contributed by atoms with Crippen LogP contribution in [-0.2, 0) is 4.79 Å². The third-order valence-corrected chi connectivity index (χ3v) is 6.38. The van der Waals surface area contributed by atoms with Gasteiger partial charge >= 0.3 is 5.97 Å². The first-order valence-electron chi connectivity index (χ1n) is 10.6. The van der Waals surface area contributed by atoms with E-state index < -0.39 is 12.1 Å². The van der Waals surface area contributed by atoms with Crippen LogP contribution >= 0.6 is 11.3 Å². The lowest BCUT2D eigenvalue weighted by atomic mass is 9.99. The van der Waals surface area contributed by atoms with E-state index in [1.165, 1.54) is 11.3 Å². The molecule has 1 fully saturated rings. The van der Waals surface area contributed by atoms with Crippen LogP contribution in [-0.4, -0.2) is 45.7 Å². The summed E-state index contributed by atoms with van der Waals surface area (Å²) in [5, 5.41) is 19.5. The van der Waals surface area contributed by atoms with Crippen LogP contribution in [0.3, 0.4) is 0 Å². The highest BCUT2D eigenvalue weighted by atomic mass is 32.1. The van der Waals surface area contributed by atoms with E-state index in [1.54, 1.807) is 23.1 Å². The van der Waals surface area contributed by atoms with Gasteiger partial charge in [-0.2, -0.15) is 0 Å². The molecule has 5 nitrogen and oxygen atoms in total. The number of amides is 1. The summed E-state index contributed by atoms with van der Waals surface area (Å²) in [4.78, 5) is 26.2. The van der Waals surface area contributed by atoms with Gasteiger partial charge in [0.15, 0.2) is 0 Å². The predicted molar refractivity (Wildman–Crippen MR) is 127 cm³/mol. The Kier molecular flexibility index (Phi) is 8.43. The summed E-state index contributed by atoms with van der Waals surface area (Å²) in [6.07, 6.45) is 8.56. The molecule has 1 aromatic heterocycles. The molecule has 0 spiro atoms. The molecule has 2 aromatic rings. The summed E-state index contributed by atoms with van der Waals surface area (Å²) in [6, 6.07) is 13.0. The van der Waals surface area contributed by atoms with Gasteiger partial charge < -0.3 is 15.1 Å². The second-order valence-corrected chi connectivity index (χ2v) is 8.90. The molecule has 1 aromatic carbocycles. The summed E-state index contributed by atoms with van der Waals surface area (Å²) in [5.41, 5.74) is 0.958. The predicted octanol–water partition coefficient (Wildman–Crippen LogP) is 4.45. The van der Waals surface area contributed by atoms with Gasteiger partial charge in [-0.1, -0.05) is 55.2 Å². The molecule has 0 radical (unpaired) electrons. The molecule has 2 heterocycles. The minimum atomic E-state index is -0.937. The molecule has 3 rings (SSSR count). The molecule has 166 valence electrons. The van der Waals surface area contributed by atoms with Gasteiger partial charge in [-0.15, -0.1) is 11.3 Å². The van der Waals surface area contributed by atoms with E-state index in [2.05, 4.69) is 11.8 Å². The molecule has 0 aliphatic carbocycles. The minimum absolute atomic E-state index is 0.0184. The topological polar surface area (TPSA) is 77.8 Å². The summed E-state index contributed by atoms with van der Waals surface area (Å²) >= 11 is 1.20. The molecule has 3 atom stereocenters. The van der Waals surface area contributed by atoms with Crippen molar-refractivity contribution in [3.63, 3.8) is 0 Å². The smallest absolute Gasteiger partial charge is 0.345 e. The summed E-state index contributed by atoms with van der Waals surface area (Å²) < 4.78 is 0. The maximum atomic E-state index is 12.3. The summed E-state index contributed by atoms with van der Waals surface area (Å²) in [6.45, 7) is 2.41. The highest BCUT2D eigenvalue weighted by molar-refractivity contribution is 7.14. The number of thiophene rings is 1. The Hall–Kier alpha value is -3.14. The van der Waals surface area contributed by atoms with Gasteiger partial charge in [-0.3, -0.25) is 4.79 Å². The molecule has 1 unspecified atom stereocenters. The van der Waals surface area contributed by atoms with Crippen molar-refractivity contribution in [2.45, 2.75) is 38.3 Å². The molecule has 6 heteroatoms. The van der Waals surface area contributed by atoms with Gasteiger partial charge in [0.05, 0.1) is 12.1 Å². The van der Waals surface area contributed by atoms with Gasteiger partial charge in [0.2, 0.25) is 5.91 Å². The Morgan fingerprint density at radius 2 is 2.06 bits per heavy atom. The molecular weight excluding hydrogens is 422 g/mol. The number of carbonyl (C=O) groups excluding carboxylic acids is 1. The van der Waals surface area contributed by atoms with Crippen molar-refractivity contribution < 1.29 is 19.8 Å². The normalized spacial score (nSPS) is 18.1. The van der Waals surface area contributed by atoms with Crippen molar-refractivity contribution in [3.05, 3.63) is 76.0 Å². The van der Waals surface area contributed by atoms with Crippen LogP contribution in [0.1, 0.15) is 46.3 Å². The molecular formula is C26H27NO4S. The first-order chi connectivity index (χ1) is 15.4. The Balaban J connectivity index is 1.52. The van der Waals surface area contributed by atoms with E-state index in [1.807, 2.05) is 55.5 Å². The van der Waals surface area contributed by atoms with Crippen molar-refractivity contribution in [1.82, 2.24) is 4.90 Å². The zero-order chi connectivity index (χ0) is 22.9. The lowest BCUT2D eigenvalue weighted by Crippen LogP contribution is -2.32. The molecule has 0 bridgehead atoms. The second kappa shape index (κ2) is 11.5. The van der Waals surface area contributed by atoms with Crippen LogP contribution in [0.15, 0.2) is 60.7 Å². The van der Waals surface area contributed by atoms with Gasteiger partial charge in [0.25, 0.3) is 0 Å². The maximum Gasteiger partial charge on any atom is 0.345 e. The number of carboxylic acids is 1. The zero-order valence-corrected chi connectivity index (χ0v) is 18.8. The number of carbonyl (C=O) groups is 2. The van der Waals surface area contributed by atoms with E-state index in [-0.39, 0.29) is 17.9 Å². The fourth-order valence-electron chi connectivity index (χ4n) is 3.42. The molecule has 2 N–H and O–H groups in total. The molecule has 1 saturated heterocycles. The van der Waals surface area contributed by atoms with E-state index in [0.29, 0.717) is 24.3 Å². The number of aliphatic hydroxyl groups excluding tert-OH is 1. The Bertz CT molecular complexity index is 1040. The SMILES string of the molecule is C[C@@H](CC#Cc1ccccc1)[C@H](O)C=CC1CCC(=O)N1CC=Cc1ccc(C(=O)O)s1. The average molecular weight is 450 g/mol. The van der Waals surface area contributed by atoms with Crippen LogP contribution in [0, 0.1) is 17.8 Å². The van der Waals surface area contributed by atoms with Gasteiger partial charge in [0.1, 0.15) is 4.88 Å². The first kappa shape index (κ1) is 23.5. The average Bonchev–Trinajstić information content (AvgIpc) is 3.40. The standard InChI is InChI=1S/C26H27NO4S/c1-19(7-5-10-20-8-3-2-4-9-20)23(28)15-12-21-13-17-25(29)27(21)18-6-11-22-14-16-24(32-22)26(30)31/h2-4,6,8-9,11-12,14-16,19,21,23,28H,7,13,17-18H2,1H3,(H,30,31)/t19-,21?,23+/m0/s1. The molecule has 1 amide bonds. The fraction of sp³-hybridized carbons (Fsp3) is 0.308. The van der Waals surface area contributed by atoms with Crippen molar-refractivity contribution >= 4 is 29.3 Å². The van der Waals surface area contributed by atoms with Crippen molar-refractivity contribution in [1.29, 1.82) is 0 Å². The molecule has 0 saturated carbocycles. The number of aromatic carboxylic acids is 1. The number of benzene rings is 1. The van der Waals surface area contributed by atoms with Crippen LogP contribution < -0.4 is 0 Å². The Morgan fingerprint density at radius 1 is 1.28 bits per heavy atom. The number of likely N-dealkylation sites (tertiary alicyclic amines) is 1. The van der Waals surface area contributed by atoms with E-state index >= 15 is 0 Å². The van der Waals surface area contributed by atoms with E-state index in [9.17, 15) is 14.7 Å². The molecule has 1 aliphatic rings. The summed E-state index contributed by atoms with van der Waals surface area (Å²) in [7, 11) is 0. The third-order valence-electron chi connectivity index (χ3n) is 5.34. The number of nitrogens with zero attached hydrogens (tertiary/aromatic N) is 1. The van der Waals surface area contributed by atoms with Crippen LogP contribution in [0.5, 0.6) is 0 Å². The maximum absolute atomic E-state index is 12.3. The zero-order valence-electron chi connectivity index (χ0n) is 18.0. The van der Waals surface area contributed by atoms with E-state index in [0.717, 1.165) is 16.9 Å². The number of rotatable bonds is 8. The Morgan fingerprint density at radius 3 is 2.78 bits per heavy atom. The lowest BCUT2D eigenvalue weighted by molar-refractivity contribution is -0.127. The summed E-state index contributed by atoms with van der Waals surface area (Å²) in [5.74, 6) is 5.36. The van der Waals surface area contributed by atoms with Gasteiger partial charge in [-0.05, 0) is 42.7 Å². The number of hydrogen-bond donors (Lipinski definition) is 2. The molecule has 32 heavy (non-hydrogen) atoms. The Labute approximate surface area is 192 Å². The number of aliphatic hydroxyl groups is 1. The fourth-order valence-corrected chi connectivity index (χ4v) is 4.20. The van der Waals surface area contributed by atoms with Crippen molar-refractivity contribution in [3.8, 4) is 11.8 Å². The van der Waals surface area contributed by atoms with Crippen LogP contribution in [0.2, 0.25) is 0 Å². The quantitative estimate of drug-likeness (QED) is 0.461. The lowest BCUT2D eigenvalue weighted by Gasteiger charge is -2.21. The monoisotopic (exact) mass is 449 g/mol. The highest BCUT2D eigenvalue weighted by Gasteiger charge is 2.28. The highest BCUT2D eigenvalue weighted by Crippen LogP contribution is 2.22. The largest absolute Gasteiger partial charge is 0.477 e. The van der Waals surface area contributed by atoms with Crippen molar-refractivity contribution in [2.24, 2.45) is 5.92 Å². The van der Waals surface area contributed by atoms with Gasteiger partial charge in [-0.25, -0.2) is 4.79 Å².